The fraction of sp³-hybridized carbons (Fsp3) is 0.250. The number of carbonyl (C=O) groups excluding carboxylic acids is 2. The van der Waals surface area contributed by atoms with Crippen molar-refractivity contribution in [1.82, 2.24) is 15.6 Å². The topological polar surface area (TPSA) is 118 Å². The third-order valence-electron chi connectivity index (χ3n) is 3.15. The molecule has 9 heteroatoms. The number of nitrogens with zero attached hydrogens (tertiary/aromatic N) is 1. The number of methoxy groups -OCH3 is 1. The van der Waals surface area contributed by atoms with Crippen LogP contribution in [0.4, 0.5) is 0 Å². The normalized spacial score (nSPS) is 10.1. The van der Waals surface area contributed by atoms with E-state index >= 15 is 0 Å². The number of benzene rings is 1. The molecule has 0 saturated carbocycles. The fourth-order valence-corrected chi connectivity index (χ4v) is 2.71. The van der Waals surface area contributed by atoms with Crippen molar-refractivity contribution in [1.29, 1.82) is 0 Å². The van der Waals surface area contributed by atoms with Crippen molar-refractivity contribution in [2.45, 2.75) is 6.42 Å². The number of carboxylic acids is 1. The summed E-state index contributed by atoms with van der Waals surface area (Å²) in [5, 5.41) is 15.4. The number of aromatic nitrogens is 1. The minimum absolute atomic E-state index is 0.222. The molecule has 0 fully saturated rings. The van der Waals surface area contributed by atoms with Crippen LogP contribution in [-0.4, -0.2) is 48.1 Å². The zero-order valence-corrected chi connectivity index (χ0v) is 14.3. The number of carboxylic acid groups (broad SMARTS) is 1. The number of ether oxygens (including phenoxy) is 1. The van der Waals surface area contributed by atoms with Gasteiger partial charge in [0.15, 0.2) is 0 Å². The third kappa shape index (κ3) is 5.88. The molecule has 0 saturated heterocycles. The molecule has 3 N–H and O–H groups in total. The molecule has 0 aliphatic rings. The van der Waals surface area contributed by atoms with Gasteiger partial charge in [-0.15, -0.1) is 11.3 Å². The molecule has 0 aliphatic carbocycles. The Hall–Kier alpha value is -2.94. The third-order valence-corrected chi connectivity index (χ3v) is 3.99. The van der Waals surface area contributed by atoms with Gasteiger partial charge in [-0.25, -0.2) is 4.98 Å². The van der Waals surface area contributed by atoms with Gasteiger partial charge >= 0.3 is 5.97 Å². The minimum Gasteiger partial charge on any atom is -0.497 e. The van der Waals surface area contributed by atoms with E-state index in [-0.39, 0.29) is 12.2 Å². The van der Waals surface area contributed by atoms with Gasteiger partial charge in [0.25, 0.3) is 5.91 Å². The van der Waals surface area contributed by atoms with Gasteiger partial charge in [-0.2, -0.15) is 0 Å². The monoisotopic (exact) mass is 363 g/mol. The lowest BCUT2D eigenvalue weighted by Gasteiger charge is -2.03. The maximum Gasteiger partial charge on any atom is 0.322 e. The van der Waals surface area contributed by atoms with E-state index in [0.717, 1.165) is 16.3 Å². The van der Waals surface area contributed by atoms with Gasteiger partial charge in [0.05, 0.1) is 18.7 Å². The zero-order chi connectivity index (χ0) is 18.2. The second-order valence-corrected chi connectivity index (χ2v) is 5.95. The molecule has 0 spiro atoms. The quantitative estimate of drug-likeness (QED) is 0.635. The first-order valence-corrected chi connectivity index (χ1v) is 8.20. The summed E-state index contributed by atoms with van der Waals surface area (Å²) in [6, 6.07) is 7.55. The Kier molecular flexibility index (Phi) is 6.47. The highest BCUT2D eigenvalue weighted by Crippen LogP contribution is 2.17. The van der Waals surface area contributed by atoms with Crippen LogP contribution in [0.1, 0.15) is 21.1 Å². The summed E-state index contributed by atoms with van der Waals surface area (Å²) in [5.74, 6) is -1.45. The first-order valence-electron chi connectivity index (χ1n) is 7.32. The number of amides is 2. The van der Waals surface area contributed by atoms with Crippen LogP contribution in [0.2, 0.25) is 0 Å². The van der Waals surface area contributed by atoms with Crippen LogP contribution >= 0.6 is 11.3 Å². The van der Waals surface area contributed by atoms with E-state index in [1.54, 1.807) is 12.5 Å². The Bertz CT molecular complexity index is 757. The van der Waals surface area contributed by atoms with Crippen molar-refractivity contribution < 1.29 is 24.2 Å². The molecule has 2 amide bonds. The van der Waals surface area contributed by atoms with Crippen LogP contribution in [0.3, 0.4) is 0 Å². The smallest absolute Gasteiger partial charge is 0.322 e. The summed E-state index contributed by atoms with van der Waals surface area (Å²) in [4.78, 5) is 37.9. The van der Waals surface area contributed by atoms with Crippen molar-refractivity contribution in [2.75, 3.05) is 20.2 Å². The largest absolute Gasteiger partial charge is 0.497 e. The van der Waals surface area contributed by atoms with Crippen LogP contribution in [0.25, 0.3) is 0 Å². The van der Waals surface area contributed by atoms with Crippen molar-refractivity contribution in [3.05, 3.63) is 45.9 Å². The average molecular weight is 363 g/mol. The molecular formula is C16H17N3O5S. The van der Waals surface area contributed by atoms with Crippen LogP contribution < -0.4 is 15.4 Å². The number of hydrogen-bond donors (Lipinski definition) is 3. The maximum atomic E-state index is 12.0. The van der Waals surface area contributed by atoms with Crippen LogP contribution in [-0.2, 0) is 16.0 Å². The number of aliphatic carboxylic acids is 1. The van der Waals surface area contributed by atoms with Gasteiger partial charge in [0.2, 0.25) is 5.91 Å². The number of nitrogens with one attached hydrogen (secondary N) is 2. The Morgan fingerprint density at radius 1 is 1.16 bits per heavy atom. The molecule has 8 nitrogen and oxygen atoms in total. The Morgan fingerprint density at radius 3 is 2.52 bits per heavy atom. The Balaban J connectivity index is 1.85. The molecule has 0 aliphatic heterocycles. The second-order valence-electron chi connectivity index (χ2n) is 5.00. The maximum absolute atomic E-state index is 12.0. The molecule has 0 radical (unpaired) electrons. The molecule has 0 unspecified atom stereocenters. The van der Waals surface area contributed by atoms with Crippen molar-refractivity contribution in [3.63, 3.8) is 0 Å². The van der Waals surface area contributed by atoms with E-state index in [0.29, 0.717) is 6.42 Å². The summed E-state index contributed by atoms with van der Waals surface area (Å²) in [5.41, 5.74) is 1.26. The van der Waals surface area contributed by atoms with Gasteiger partial charge in [-0.3, -0.25) is 14.4 Å². The van der Waals surface area contributed by atoms with E-state index in [9.17, 15) is 14.4 Å². The first kappa shape index (κ1) is 18.4. The van der Waals surface area contributed by atoms with E-state index in [1.165, 1.54) is 11.3 Å². The molecule has 1 aromatic heterocycles. The standard InChI is InChI=1S/C16H17N3O5S/c1-24-11-4-2-10(3-5-11)6-14-19-12(9-25-14)16(23)18-7-13(20)17-8-15(21)22/h2-5,9H,6-8H2,1H3,(H,17,20)(H,18,23)(H,21,22). The number of hydrogen-bond acceptors (Lipinski definition) is 6. The first-order chi connectivity index (χ1) is 12.0. The Morgan fingerprint density at radius 2 is 1.88 bits per heavy atom. The van der Waals surface area contributed by atoms with E-state index < -0.39 is 24.3 Å². The number of rotatable bonds is 8. The second kappa shape index (κ2) is 8.78. The van der Waals surface area contributed by atoms with Gasteiger partial charge in [-0.1, -0.05) is 12.1 Å². The van der Waals surface area contributed by atoms with Crippen LogP contribution in [0.5, 0.6) is 5.75 Å². The molecule has 25 heavy (non-hydrogen) atoms. The lowest BCUT2D eigenvalue weighted by molar-refractivity contribution is -0.137. The van der Waals surface area contributed by atoms with E-state index in [4.69, 9.17) is 9.84 Å². The van der Waals surface area contributed by atoms with Crippen LogP contribution in [0.15, 0.2) is 29.6 Å². The van der Waals surface area contributed by atoms with Crippen molar-refractivity contribution in [2.24, 2.45) is 0 Å². The van der Waals surface area contributed by atoms with Gasteiger partial charge in [-0.05, 0) is 17.7 Å². The fourth-order valence-electron chi connectivity index (χ4n) is 1.90. The summed E-state index contributed by atoms with van der Waals surface area (Å²) < 4.78 is 5.10. The van der Waals surface area contributed by atoms with Crippen LogP contribution in [0, 0.1) is 0 Å². The highest BCUT2D eigenvalue weighted by atomic mass is 32.1. The molecule has 2 aromatic rings. The average Bonchev–Trinajstić information content (AvgIpc) is 3.07. The minimum atomic E-state index is -1.15. The molecule has 1 heterocycles. The van der Waals surface area contributed by atoms with Crippen molar-refractivity contribution in [3.8, 4) is 5.75 Å². The van der Waals surface area contributed by atoms with Gasteiger partial charge in [0, 0.05) is 11.8 Å². The summed E-state index contributed by atoms with van der Waals surface area (Å²) >= 11 is 1.35. The highest BCUT2D eigenvalue weighted by Gasteiger charge is 2.13. The zero-order valence-electron chi connectivity index (χ0n) is 13.4. The predicted molar refractivity (Wildman–Crippen MR) is 90.9 cm³/mol. The van der Waals surface area contributed by atoms with Gasteiger partial charge < -0.3 is 20.5 Å². The lowest BCUT2D eigenvalue weighted by Crippen LogP contribution is -2.39. The SMILES string of the molecule is COc1ccc(Cc2nc(C(=O)NCC(=O)NCC(=O)O)cs2)cc1. The molecule has 2 rings (SSSR count). The summed E-state index contributed by atoms with van der Waals surface area (Å²) in [6.45, 7) is -0.797. The van der Waals surface area contributed by atoms with Gasteiger partial charge in [0.1, 0.15) is 18.0 Å². The number of carbonyl (C=O) groups is 3. The number of thiazole rings is 1. The lowest BCUT2D eigenvalue weighted by atomic mass is 10.1. The summed E-state index contributed by atoms with van der Waals surface area (Å²) in [6.07, 6.45) is 0.584. The molecule has 0 bridgehead atoms. The van der Waals surface area contributed by atoms with E-state index in [2.05, 4.69) is 15.6 Å². The molecule has 0 atom stereocenters. The molecule has 132 valence electrons. The molecular weight excluding hydrogens is 346 g/mol. The Labute approximate surface area is 147 Å². The summed E-state index contributed by atoms with van der Waals surface area (Å²) in [7, 11) is 1.60. The van der Waals surface area contributed by atoms with E-state index in [1.807, 2.05) is 24.3 Å². The predicted octanol–water partition coefficient (Wildman–Crippen LogP) is 0.673. The van der Waals surface area contributed by atoms with Crippen molar-refractivity contribution >= 4 is 29.1 Å². The molecule has 1 aromatic carbocycles. The highest BCUT2D eigenvalue weighted by molar-refractivity contribution is 7.09.